The van der Waals surface area contributed by atoms with E-state index in [1.165, 1.54) is 19.2 Å². The first-order valence-corrected chi connectivity index (χ1v) is 11.5. The maximum absolute atomic E-state index is 13.2. The summed E-state index contributed by atoms with van der Waals surface area (Å²) < 4.78 is 84.4. The average Bonchev–Trinajstić information content (AvgIpc) is 2.81. The highest BCUT2D eigenvalue weighted by Gasteiger charge is 2.32. The van der Waals surface area contributed by atoms with Gasteiger partial charge in [-0.2, -0.15) is 26.3 Å². The molecule has 0 aliphatic heterocycles. The fourth-order valence-corrected chi connectivity index (χ4v) is 4.64. The van der Waals surface area contributed by atoms with Crippen LogP contribution in [0.4, 0.5) is 26.3 Å². The maximum Gasteiger partial charge on any atom is 0.416 e. The van der Waals surface area contributed by atoms with Gasteiger partial charge in [0.1, 0.15) is 5.75 Å². The molecule has 4 rings (SSSR count). The maximum atomic E-state index is 13.2. The van der Waals surface area contributed by atoms with Gasteiger partial charge in [-0.25, -0.2) is 0 Å². The van der Waals surface area contributed by atoms with Gasteiger partial charge in [0.15, 0.2) is 0 Å². The highest BCUT2D eigenvalue weighted by Crippen LogP contribution is 2.45. The van der Waals surface area contributed by atoms with Gasteiger partial charge in [-0.1, -0.05) is 47.5 Å². The molecule has 0 aliphatic carbocycles. The van der Waals surface area contributed by atoms with Gasteiger partial charge in [-0.05, 0) is 77.7 Å². The number of halogens is 8. The lowest BCUT2D eigenvalue weighted by Gasteiger charge is -2.18. The molecule has 0 spiro atoms. The molecule has 0 unspecified atom stereocenters. The molecule has 0 N–H and O–H groups in total. The minimum absolute atomic E-state index is 0.0780. The van der Waals surface area contributed by atoms with Gasteiger partial charge in [-0.3, -0.25) is 0 Å². The zero-order chi connectivity index (χ0) is 27.1. The lowest BCUT2D eigenvalue weighted by atomic mass is 9.90. The van der Waals surface area contributed by atoms with E-state index in [-0.39, 0.29) is 10.0 Å². The van der Waals surface area contributed by atoms with Gasteiger partial charge >= 0.3 is 12.4 Å². The highest BCUT2D eigenvalue weighted by atomic mass is 35.5. The van der Waals surface area contributed by atoms with Crippen LogP contribution in [0.5, 0.6) is 5.75 Å². The van der Waals surface area contributed by atoms with Crippen molar-refractivity contribution >= 4 is 23.2 Å². The van der Waals surface area contributed by atoms with Crippen molar-refractivity contribution in [1.82, 2.24) is 0 Å². The molecule has 4 aromatic carbocycles. The van der Waals surface area contributed by atoms with E-state index in [1.807, 2.05) is 6.07 Å². The molecule has 0 fully saturated rings. The van der Waals surface area contributed by atoms with Crippen molar-refractivity contribution in [3.63, 3.8) is 0 Å². The first-order valence-electron chi connectivity index (χ1n) is 10.7. The van der Waals surface area contributed by atoms with E-state index in [4.69, 9.17) is 27.9 Å². The lowest BCUT2D eigenvalue weighted by molar-refractivity contribution is -0.138. The van der Waals surface area contributed by atoms with E-state index < -0.39 is 23.5 Å². The third-order valence-corrected chi connectivity index (χ3v) is 6.36. The summed E-state index contributed by atoms with van der Waals surface area (Å²) >= 11 is 12.5. The first kappa shape index (κ1) is 26.9. The Morgan fingerprint density at radius 2 is 1.22 bits per heavy atom. The normalized spacial score (nSPS) is 12.1. The molecular weight excluding hydrogens is 537 g/mol. The number of ether oxygens (including phenoxy) is 1. The van der Waals surface area contributed by atoms with Crippen LogP contribution in [0.25, 0.3) is 33.4 Å². The molecule has 0 atom stereocenters. The summed E-state index contributed by atoms with van der Waals surface area (Å²) in [4.78, 5) is 0. The topological polar surface area (TPSA) is 9.23 Å². The third kappa shape index (κ3) is 5.58. The van der Waals surface area contributed by atoms with Crippen LogP contribution in [0.1, 0.15) is 16.7 Å². The summed E-state index contributed by atoms with van der Waals surface area (Å²) in [5, 5.41) is -0.192. The Balaban J connectivity index is 1.91. The molecule has 1 nitrogen and oxygen atoms in total. The van der Waals surface area contributed by atoms with Crippen LogP contribution in [0.2, 0.25) is 10.0 Å². The van der Waals surface area contributed by atoms with E-state index in [0.717, 1.165) is 29.8 Å². The second-order valence-corrected chi connectivity index (χ2v) is 9.10. The van der Waals surface area contributed by atoms with E-state index in [1.54, 1.807) is 31.2 Å². The second-order valence-electron chi connectivity index (χ2n) is 8.28. The molecule has 0 aliphatic rings. The molecule has 191 valence electrons. The standard InChI is InChI=1S/C28H17Cl2F6O/c1-15-10-16(20-8-6-18(13-23(20)29)27(31,32)33)12-17(11-15)26-22(4-3-5-25(26)37-2)21-9-7-19(14-24(21)30)28(34,35)36/h4-14H,1-2H3. The van der Waals surface area contributed by atoms with Crippen LogP contribution in [0.3, 0.4) is 0 Å². The predicted molar refractivity (Wildman–Crippen MR) is 133 cm³/mol. The van der Waals surface area contributed by atoms with Crippen LogP contribution in [-0.2, 0) is 12.4 Å². The molecule has 0 aromatic heterocycles. The van der Waals surface area contributed by atoms with Crippen LogP contribution in [0, 0.1) is 13.0 Å². The quantitative estimate of drug-likeness (QED) is 0.228. The molecule has 1 radical (unpaired) electrons. The summed E-state index contributed by atoms with van der Waals surface area (Å²) in [7, 11) is 1.44. The lowest BCUT2D eigenvalue weighted by Crippen LogP contribution is -2.04. The number of hydrogen-bond donors (Lipinski definition) is 0. The Kier molecular flexibility index (Phi) is 7.23. The molecule has 37 heavy (non-hydrogen) atoms. The van der Waals surface area contributed by atoms with Crippen LogP contribution < -0.4 is 4.74 Å². The first-order chi connectivity index (χ1) is 17.3. The molecule has 0 heterocycles. The van der Waals surface area contributed by atoms with Crippen LogP contribution in [-0.4, -0.2) is 7.11 Å². The largest absolute Gasteiger partial charge is 0.496 e. The Morgan fingerprint density at radius 3 is 1.73 bits per heavy atom. The smallest absolute Gasteiger partial charge is 0.416 e. The Morgan fingerprint density at radius 1 is 0.676 bits per heavy atom. The number of aryl methyl sites for hydroxylation is 1. The van der Waals surface area contributed by atoms with Gasteiger partial charge < -0.3 is 4.74 Å². The molecule has 9 heteroatoms. The molecule has 0 bridgehead atoms. The minimum atomic E-state index is -4.56. The fourth-order valence-electron chi connectivity index (χ4n) is 4.07. The minimum Gasteiger partial charge on any atom is -0.496 e. The van der Waals surface area contributed by atoms with Gasteiger partial charge in [0.25, 0.3) is 0 Å². The highest BCUT2D eigenvalue weighted by molar-refractivity contribution is 6.34. The van der Waals surface area contributed by atoms with Gasteiger partial charge in [-0.15, -0.1) is 0 Å². The van der Waals surface area contributed by atoms with E-state index >= 15 is 0 Å². The second kappa shape index (κ2) is 9.95. The Bertz CT molecular complexity index is 1470. The van der Waals surface area contributed by atoms with Gasteiger partial charge in [0.2, 0.25) is 0 Å². The number of methoxy groups -OCH3 is 1. The fraction of sp³-hybridized carbons (Fsp3) is 0.143. The third-order valence-electron chi connectivity index (χ3n) is 5.74. The molecule has 4 aromatic rings. The van der Waals surface area contributed by atoms with E-state index in [9.17, 15) is 26.3 Å². The summed E-state index contributed by atoms with van der Waals surface area (Å²) in [6.45, 7) is 1.80. The Labute approximate surface area is 219 Å². The van der Waals surface area contributed by atoms with Gasteiger partial charge in [0.05, 0.1) is 18.2 Å². The van der Waals surface area contributed by atoms with E-state index in [2.05, 4.69) is 6.07 Å². The average molecular weight is 554 g/mol. The van der Waals surface area contributed by atoms with Gasteiger partial charge in [0, 0.05) is 26.7 Å². The zero-order valence-corrected chi connectivity index (χ0v) is 20.8. The molecule has 0 amide bonds. The van der Waals surface area contributed by atoms with Crippen molar-refractivity contribution in [1.29, 1.82) is 0 Å². The predicted octanol–water partition coefficient (Wildman–Crippen LogP) is 10.1. The SMILES string of the molecule is COc1c[c]cc(-c2ccc(C(F)(F)F)cc2Cl)c1-c1cc(C)cc(-c2ccc(C(F)(F)F)cc2Cl)c1. The van der Waals surface area contributed by atoms with Crippen molar-refractivity contribution in [3.8, 4) is 39.1 Å². The van der Waals surface area contributed by atoms with Crippen molar-refractivity contribution < 1.29 is 31.1 Å². The van der Waals surface area contributed by atoms with Crippen molar-refractivity contribution in [2.45, 2.75) is 19.3 Å². The number of hydrogen-bond acceptors (Lipinski definition) is 1. The van der Waals surface area contributed by atoms with E-state index in [0.29, 0.717) is 39.1 Å². The summed E-state index contributed by atoms with van der Waals surface area (Å²) in [5.41, 5.74) is 1.87. The summed E-state index contributed by atoms with van der Waals surface area (Å²) in [6.07, 6.45) is -9.10. The van der Waals surface area contributed by atoms with Crippen molar-refractivity contribution in [2.75, 3.05) is 7.11 Å². The number of rotatable bonds is 4. The van der Waals surface area contributed by atoms with Crippen molar-refractivity contribution in [3.05, 3.63) is 99.5 Å². The summed E-state index contributed by atoms with van der Waals surface area (Å²) in [6, 6.07) is 17.6. The summed E-state index contributed by atoms with van der Waals surface area (Å²) in [5.74, 6) is 0.378. The van der Waals surface area contributed by atoms with Crippen LogP contribution >= 0.6 is 23.2 Å². The molecule has 0 saturated heterocycles. The monoisotopic (exact) mass is 553 g/mol. The molecule has 0 saturated carbocycles. The van der Waals surface area contributed by atoms with Crippen LogP contribution in [0.15, 0.2) is 66.7 Å². The number of benzene rings is 4. The number of alkyl halides is 6. The molecular formula is C28H17Cl2F6O. The van der Waals surface area contributed by atoms with Crippen molar-refractivity contribution in [2.24, 2.45) is 0 Å². The Hall–Kier alpha value is -3.16. The zero-order valence-electron chi connectivity index (χ0n) is 19.3.